The number of benzene rings is 1. The molecule has 1 aromatic rings. The Morgan fingerprint density at radius 1 is 1.25 bits per heavy atom. The van der Waals surface area contributed by atoms with E-state index in [1.54, 1.807) is 21.3 Å². The summed E-state index contributed by atoms with van der Waals surface area (Å²) in [6.45, 7) is 0.312. The number of carbonyl (C=O) groups is 1. The second kappa shape index (κ2) is 5.09. The summed E-state index contributed by atoms with van der Waals surface area (Å²) in [6, 6.07) is 1.86. The number of methoxy groups -OCH3 is 2. The van der Waals surface area contributed by atoms with Gasteiger partial charge in [0.05, 0.1) is 26.3 Å². The molecule has 1 saturated carbocycles. The third-order valence-electron chi connectivity index (χ3n) is 4.63. The maximum Gasteiger partial charge on any atom is 0.180 e. The summed E-state index contributed by atoms with van der Waals surface area (Å²) in [4.78, 5) is 12.3. The van der Waals surface area contributed by atoms with Crippen molar-refractivity contribution in [2.24, 2.45) is 0 Å². The van der Waals surface area contributed by atoms with Crippen LogP contribution >= 0.6 is 0 Å². The maximum atomic E-state index is 12.3. The Balaban J connectivity index is 2.18. The summed E-state index contributed by atoms with van der Waals surface area (Å²) in [6.07, 6.45) is 3.59. The van der Waals surface area contributed by atoms with Crippen molar-refractivity contribution < 1.29 is 14.3 Å². The lowest BCUT2D eigenvalue weighted by Crippen LogP contribution is -2.20. The number of hydrogen-bond donors (Lipinski definition) is 1. The summed E-state index contributed by atoms with van der Waals surface area (Å²) in [5, 5.41) is 2.91. The smallest absolute Gasteiger partial charge is 0.180 e. The van der Waals surface area contributed by atoms with Crippen LogP contribution in [0.4, 0.5) is 0 Å². The van der Waals surface area contributed by atoms with Crippen LogP contribution in [0.1, 0.15) is 52.6 Å². The molecule has 0 spiro atoms. The van der Waals surface area contributed by atoms with E-state index in [9.17, 15) is 4.79 Å². The highest BCUT2D eigenvalue weighted by Crippen LogP contribution is 2.59. The van der Waals surface area contributed by atoms with Crippen molar-refractivity contribution in [1.82, 2.24) is 5.32 Å². The highest BCUT2D eigenvalue weighted by atomic mass is 16.5. The molecule has 0 heterocycles. The molecule has 0 saturated heterocycles. The first kappa shape index (κ1) is 13.4. The van der Waals surface area contributed by atoms with Crippen LogP contribution in [0.5, 0.6) is 11.5 Å². The summed E-state index contributed by atoms with van der Waals surface area (Å²) in [5.74, 6) is 2.78. The molecule has 3 rings (SSSR count). The average molecular weight is 275 g/mol. The van der Waals surface area contributed by atoms with Gasteiger partial charge >= 0.3 is 0 Å². The lowest BCUT2D eigenvalue weighted by Gasteiger charge is -2.23. The summed E-state index contributed by atoms with van der Waals surface area (Å²) >= 11 is 0. The third-order valence-corrected chi connectivity index (χ3v) is 4.63. The molecule has 0 amide bonds. The SMILES string of the molecule is CNCC(=O)c1cc(OC)c2c(c1OC)C1CCC2C1. The average Bonchev–Trinajstić information content (AvgIpc) is 3.07. The van der Waals surface area contributed by atoms with Gasteiger partial charge < -0.3 is 14.8 Å². The lowest BCUT2D eigenvalue weighted by atomic mass is 9.87. The summed E-state index contributed by atoms with van der Waals surface area (Å²) in [5.41, 5.74) is 3.15. The van der Waals surface area contributed by atoms with Gasteiger partial charge in [0.2, 0.25) is 0 Å². The van der Waals surface area contributed by atoms with Gasteiger partial charge in [0.25, 0.3) is 0 Å². The zero-order chi connectivity index (χ0) is 14.3. The van der Waals surface area contributed by atoms with Crippen LogP contribution in [-0.2, 0) is 0 Å². The van der Waals surface area contributed by atoms with Crippen molar-refractivity contribution in [3.8, 4) is 11.5 Å². The number of ketones is 1. The van der Waals surface area contributed by atoms with E-state index >= 15 is 0 Å². The van der Waals surface area contributed by atoms with Crippen LogP contribution in [0.2, 0.25) is 0 Å². The number of nitrogens with one attached hydrogen (secondary N) is 1. The van der Waals surface area contributed by atoms with E-state index in [0.29, 0.717) is 23.9 Å². The normalized spacial score (nSPS) is 22.8. The van der Waals surface area contributed by atoms with Gasteiger partial charge in [-0.3, -0.25) is 4.79 Å². The molecular formula is C16H21NO3. The van der Waals surface area contributed by atoms with E-state index < -0.39 is 0 Å². The van der Waals surface area contributed by atoms with Gasteiger partial charge in [0.1, 0.15) is 11.5 Å². The largest absolute Gasteiger partial charge is 0.496 e. The fourth-order valence-corrected chi connectivity index (χ4v) is 3.86. The van der Waals surface area contributed by atoms with Gasteiger partial charge in [-0.1, -0.05) is 0 Å². The summed E-state index contributed by atoms with van der Waals surface area (Å²) in [7, 11) is 5.11. The van der Waals surface area contributed by atoms with Crippen molar-refractivity contribution in [2.75, 3.05) is 27.8 Å². The molecule has 1 aromatic carbocycles. The Labute approximate surface area is 119 Å². The molecular weight excluding hydrogens is 254 g/mol. The third kappa shape index (κ3) is 1.82. The van der Waals surface area contributed by atoms with Crippen LogP contribution in [0.3, 0.4) is 0 Å². The van der Waals surface area contributed by atoms with E-state index in [1.807, 2.05) is 6.07 Å². The number of fused-ring (bicyclic) bond motifs is 5. The highest BCUT2D eigenvalue weighted by molar-refractivity contribution is 6.01. The first-order valence-electron chi connectivity index (χ1n) is 7.17. The molecule has 2 aliphatic rings. The molecule has 2 unspecified atom stereocenters. The van der Waals surface area contributed by atoms with Gasteiger partial charge in [-0.15, -0.1) is 0 Å². The minimum atomic E-state index is 0.0493. The zero-order valence-electron chi connectivity index (χ0n) is 12.3. The van der Waals surface area contributed by atoms with Gasteiger partial charge in [0, 0.05) is 11.1 Å². The molecule has 2 atom stereocenters. The van der Waals surface area contributed by atoms with E-state index in [0.717, 1.165) is 11.5 Å². The molecule has 1 fully saturated rings. The summed E-state index contributed by atoms with van der Waals surface area (Å²) < 4.78 is 11.2. The second-order valence-corrected chi connectivity index (χ2v) is 5.65. The molecule has 108 valence electrons. The minimum absolute atomic E-state index is 0.0493. The molecule has 2 aliphatic carbocycles. The molecule has 4 nitrogen and oxygen atoms in total. The first-order chi connectivity index (χ1) is 9.71. The Kier molecular flexibility index (Phi) is 3.42. The molecule has 4 heteroatoms. The first-order valence-corrected chi connectivity index (χ1v) is 7.17. The van der Waals surface area contributed by atoms with Crippen molar-refractivity contribution >= 4 is 5.78 Å². The highest BCUT2D eigenvalue weighted by Gasteiger charge is 2.42. The number of hydrogen-bond acceptors (Lipinski definition) is 4. The second-order valence-electron chi connectivity index (χ2n) is 5.65. The van der Waals surface area contributed by atoms with Crippen molar-refractivity contribution in [3.63, 3.8) is 0 Å². The van der Waals surface area contributed by atoms with Gasteiger partial charge in [0.15, 0.2) is 5.78 Å². The Morgan fingerprint density at radius 3 is 2.55 bits per heavy atom. The van der Waals surface area contributed by atoms with Crippen molar-refractivity contribution in [3.05, 3.63) is 22.8 Å². The standard InChI is InChI=1S/C16H21NO3/c1-17-8-12(18)11-7-13(19-2)14-9-4-5-10(6-9)15(14)16(11)20-3/h7,9-10,17H,4-6,8H2,1-3H3. The van der Waals surface area contributed by atoms with Crippen LogP contribution in [-0.4, -0.2) is 33.6 Å². The van der Waals surface area contributed by atoms with E-state index in [2.05, 4.69) is 5.32 Å². The lowest BCUT2D eigenvalue weighted by molar-refractivity contribution is 0.0990. The molecule has 20 heavy (non-hydrogen) atoms. The fourth-order valence-electron chi connectivity index (χ4n) is 3.86. The predicted molar refractivity (Wildman–Crippen MR) is 77.1 cm³/mol. The Morgan fingerprint density at radius 2 is 1.95 bits per heavy atom. The van der Waals surface area contributed by atoms with Crippen LogP contribution < -0.4 is 14.8 Å². The predicted octanol–water partition coefficient (Wildman–Crippen LogP) is 2.47. The zero-order valence-corrected chi connectivity index (χ0v) is 12.3. The minimum Gasteiger partial charge on any atom is -0.496 e. The molecule has 0 radical (unpaired) electrons. The van der Waals surface area contributed by atoms with Crippen LogP contribution in [0, 0.1) is 0 Å². The molecule has 1 N–H and O–H groups in total. The van der Waals surface area contributed by atoms with Gasteiger partial charge in [-0.25, -0.2) is 0 Å². The quantitative estimate of drug-likeness (QED) is 0.839. The number of rotatable bonds is 5. The number of Topliss-reactive ketones (excluding diaryl/α,β-unsaturated/α-hetero) is 1. The van der Waals surface area contributed by atoms with E-state index in [1.165, 1.54) is 30.4 Å². The molecule has 0 aromatic heterocycles. The van der Waals surface area contributed by atoms with Crippen molar-refractivity contribution in [2.45, 2.75) is 31.1 Å². The van der Waals surface area contributed by atoms with E-state index in [4.69, 9.17) is 9.47 Å². The number of carbonyl (C=O) groups excluding carboxylic acids is 1. The molecule has 2 bridgehead atoms. The maximum absolute atomic E-state index is 12.3. The number of ether oxygens (including phenoxy) is 2. The Bertz CT molecular complexity index is 553. The topological polar surface area (TPSA) is 47.6 Å². The van der Waals surface area contributed by atoms with Gasteiger partial charge in [-0.05, 0) is 44.2 Å². The number of likely N-dealkylation sites (N-methyl/N-ethyl adjacent to an activating group) is 1. The molecule has 0 aliphatic heterocycles. The van der Waals surface area contributed by atoms with Crippen LogP contribution in [0.25, 0.3) is 0 Å². The monoisotopic (exact) mass is 275 g/mol. The van der Waals surface area contributed by atoms with E-state index in [-0.39, 0.29) is 5.78 Å². The fraction of sp³-hybridized carbons (Fsp3) is 0.562. The Hall–Kier alpha value is -1.55. The van der Waals surface area contributed by atoms with Gasteiger partial charge in [-0.2, -0.15) is 0 Å². The van der Waals surface area contributed by atoms with Crippen LogP contribution in [0.15, 0.2) is 6.07 Å². The van der Waals surface area contributed by atoms with Crippen molar-refractivity contribution in [1.29, 1.82) is 0 Å².